The minimum atomic E-state index is -0.898. The van der Waals surface area contributed by atoms with Crippen LogP contribution in [0.5, 0.6) is 0 Å². The lowest BCUT2D eigenvalue weighted by atomic mass is 10.1. The summed E-state index contributed by atoms with van der Waals surface area (Å²) in [5.41, 5.74) is 0. The number of imide groups is 1. The van der Waals surface area contributed by atoms with Gasteiger partial charge in [-0.3, -0.25) is 19.3 Å². The Balaban J connectivity index is 2.16. The van der Waals surface area contributed by atoms with Crippen molar-refractivity contribution in [2.75, 3.05) is 0 Å². The summed E-state index contributed by atoms with van der Waals surface area (Å²) in [5, 5.41) is 0. The Kier molecular flexibility index (Phi) is 2.26. The largest absolute Gasteiger partial charge is 0.392 e. The van der Waals surface area contributed by atoms with Gasteiger partial charge in [0.15, 0.2) is 0 Å². The van der Waals surface area contributed by atoms with Crippen LogP contribution in [0.3, 0.4) is 0 Å². The van der Waals surface area contributed by atoms with Crippen LogP contribution in [0.25, 0.3) is 0 Å². The van der Waals surface area contributed by atoms with Crippen molar-refractivity contribution in [1.29, 1.82) is 0 Å². The summed E-state index contributed by atoms with van der Waals surface area (Å²) in [4.78, 5) is 45.6. The second-order valence-electron chi connectivity index (χ2n) is 3.51. The third-order valence-corrected chi connectivity index (χ3v) is 2.51. The molecule has 2 saturated heterocycles. The number of hydrogen-bond acceptors (Lipinski definition) is 5. The van der Waals surface area contributed by atoms with E-state index < -0.39 is 18.0 Å². The maximum absolute atomic E-state index is 11.3. The molecule has 2 fully saturated rings. The molecule has 1 atom stereocenters. The van der Waals surface area contributed by atoms with E-state index in [0.29, 0.717) is 0 Å². The van der Waals surface area contributed by atoms with Gasteiger partial charge < -0.3 is 4.74 Å². The Bertz CT molecular complexity index is 346. The summed E-state index contributed by atoms with van der Waals surface area (Å²) in [6.07, 6.45) is 0.510. The first-order chi connectivity index (χ1) is 7.09. The molecule has 0 saturated carbocycles. The van der Waals surface area contributed by atoms with E-state index in [1.165, 1.54) is 0 Å². The molecule has 0 spiro atoms. The molecule has 0 bridgehead atoms. The predicted molar refractivity (Wildman–Crippen MR) is 45.2 cm³/mol. The average Bonchev–Trinajstić information content (AvgIpc) is 2.48. The van der Waals surface area contributed by atoms with Gasteiger partial charge in [0.25, 0.3) is 0 Å². The van der Waals surface area contributed by atoms with E-state index in [2.05, 4.69) is 4.74 Å². The van der Waals surface area contributed by atoms with Crippen LogP contribution in [0.4, 0.5) is 0 Å². The first kappa shape index (κ1) is 9.82. The topological polar surface area (TPSA) is 80.8 Å². The molecular formula is C9H9NO5. The summed E-state index contributed by atoms with van der Waals surface area (Å²) < 4.78 is 4.38. The van der Waals surface area contributed by atoms with E-state index >= 15 is 0 Å². The van der Waals surface area contributed by atoms with Crippen molar-refractivity contribution in [3.05, 3.63) is 0 Å². The number of amides is 2. The fourth-order valence-electron chi connectivity index (χ4n) is 1.78. The quantitative estimate of drug-likeness (QED) is 0.327. The normalized spacial score (nSPS) is 27.2. The molecule has 0 aromatic rings. The fourth-order valence-corrected chi connectivity index (χ4v) is 1.78. The second kappa shape index (κ2) is 3.45. The molecule has 2 amide bonds. The number of carbonyl (C=O) groups is 4. The van der Waals surface area contributed by atoms with Gasteiger partial charge >= 0.3 is 11.9 Å². The number of cyclic esters (lactones) is 2. The number of ether oxygens (including phenoxy) is 1. The minimum absolute atomic E-state index is 0.0630. The van der Waals surface area contributed by atoms with Gasteiger partial charge in [-0.2, -0.15) is 0 Å². The zero-order chi connectivity index (χ0) is 11.0. The Hall–Kier alpha value is -1.72. The first-order valence-corrected chi connectivity index (χ1v) is 4.69. The third-order valence-electron chi connectivity index (χ3n) is 2.51. The summed E-state index contributed by atoms with van der Waals surface area (Å²) in [6, 6.07) is -0.898. The van der Waals surface area contributed by atoms with Gasteiger partial charge in [-0.1, -0.05) is 0 Å². The third kappa shape index (κ3) is 1.62. The molecule has 6 nitrogen and oxygen atoms in total. The Labute approximate surface area is 85.2 Å². The van der Waals surface area contributed by atoms with Crippen molar-refractivity contribution in [3.63, 3.8) is 0 Å². The molecule has 0 aromatic heterocycles. The fraction of sp³-hybridized carbons (Fsp3) is 0.556. The van der Waals surface area contributed by atoms with Crippen LogP contribution in [0.15, 0.2) is 0 Å². The van der Waals surface area contributed by atoms with Gasteiger partial charge in [0, 0.05) is 19.3 Å². The van der Waals surface area contributed by atoms with Crippen molar-refractivity contribution in [1.82, 2.24) is 4.90 Å². The van der Waals surface area contributed by atoms with E-state index in [4.69, 9.17) is 0 Å². The second-order valence-corrected chi connectivity index (χ2v) is 3.51. The van der Waals surface area contributed by atoms with E-state index in [1.54, 1.807) is 0 Å². The van der Waals surface area contributed by atoms with Crippen molar-refractivity contribution in [3.8, 4) is 0 Å². The predicted octanol–water partition coefficient (Wildman–Crippen LogP) is -0.632. The molecule has 0 aromatic carbocycles. The number of hydrogen-bond donors (Lipinski definition) is 0. The number of nitrogens with zero attached hydrogens (tertiary/aromatic N) is 1. The van der Waals surface area contributed by atoms with Crippen LogP contribution in [0.1, 0.15) is 25.7 Å². The maximum atomic E-state index is 11.3. The summed E-state index contributed by atoms with van der Waals surface area (Å²) in [5.74, 6) is -2.13. The number of likely N-dealkylation sites (tertiary alicyclic amines) is 1. The maximum Gasteiger partial charge on any atom is 0.337 e. The lowest BCUT2D eigenvalue weighted by Gasteiger charge is -2.26. The van der Waals surface area contributed by atoms with Crippen LogP contribution >= 0.6 is 0 Å². The van der Waals surface area contributed by atoms with Gasteiger partial charge in [-0.25, -0.2) is 4.79 Å². The zero-order valence-electron chi connectivity index (χ0n) is 7.89. The van der Waals surface area contributed by atoms with E-state index in [0.717, 1.165) is 4.90 Å². The lowest BCUT2D eigenvalue weighted by Crippen LogP contribution is -2.48. The van der Waals surface area contributed by atoms with Crippen LogP contribution < -0.4 is 0 Å². The average molecular weight is 211 g/mol. The summed E-state index contributed by atoms with van der Waals surface area (Å²) in [7, 11) is 0. The van der Waals surface area contributed by atoms with Crippen LogP contribution in [0.2, 0.25) is 0 Å². The molecule has 2 aliphatic rings. The van der Waals surface area contributed by atoms with Crippen LogP contribution in [-0.2, 0) is 23.9 Å². The Morgan fingerprint density at radius 1 is 1.00 bits per heavy atom. The van der Waals surface area contributed by atoms with Crippen molar-refractivity contribution in [2.45, 2.75) is 31.7 Å². The molecule has 15 heavy (non-hydrogen) atoms. The molecule has 6 heteroatoms. The van der Waals surface area contributed by atoms with Crippen LogP contribution in [-0.4, -0.2) is 34.7 Å². The van der Waals surface area contributed by atoms with Gasteiger partial charge in [-0.15, -0.1) is 0 Å². The molecule has 80 valence electrons. The van der Waals surface area contributed by atoms with Crippen molar-refractivity contribution in [2.24, 2.45) is 0 Å². The van der Waals surface area contributed by atoms with Gasteiger partial charge in [0.1, 0.15) is 6.04 Å². The molecule has 2 heterocycles. The lowest BCUT2D eigenvalue weighted by molar-refractivity contribution is -0.172. The Morgan fingerprint density at radius 2 is 1.60 bits per heavy atom. The molecular weight excluding hydrogens is 202 g/mol. The summed E-state index contributed by atoms with van der Waals surface area (Å²) in [6.45, 7) is 0. The first-order valence-electron chi connectivity index (χ1n) is 4.69. The molecule has 0 radical (unpaired) electrons. The van der Waals surface area contributed by atoms with E-state index in [1.807, 2.05) is 0 Å². The number of esters is 2. The molecule has 0 aliphatic carbocycles. The highest BCUT2D eigenvalue weighted by Crippen LogP contribution is 2.22. The highest BCUT2D eigenvalue weighted by atomic mass is 16.6. The van der Waals surface area contributed by atoms with Gasteiger partial charge in [0.2, 0.25) is 11.8 Å². The zero-order valence-corrected chi connectivity index (χ0v) is 7.89. The molecule has 2 aliphatic heterocycles. The highest BCUT2D eigenvalue weighted by molar-refractivity contribution is 6.06. The van der Waals surface area contributed by atoms with Gasteiger partial charge in [0.05, 0.1) is 0 Å². The SMILES string of the molecule is O=C1CCC(N2C(=O)CCC2=O)C(=O)O1. The van der Waals surface area contributed by atoms with Crippen molar-refractivity contribution < 1.29 is 23.9 Å². The van der Waals surface area contributed by atoms with E-state index in [9.17, 15) is 19.2 Å². The number of rotatable bonds is 1. The number of carbonyl (C=O) groups excluding carboxylic acids is 4. The van der Waals surface area contributed by atoms with Gasteiger partial charge in [-0.05, 0) is 6.42 Å². The van der Waals surface area contributed by atoms with E-state index in [-0.39, 0.29) is 37.5 Å². The summed E-state index contributed by atoms with van der Waals surface area (Å²) >= 11 is 0. The smallest absolute Gasteiger partial charge is 0.337 e. The highest BCUT2D eigenvalue weighted by Gasteiger charge is 2.42. The molecule has 0 N–H and O–H groups in total. The Morgan fingerprint density at radius 3 is 2.13 bits per heavy atom. The minimum Gasteiger partial charge on any atom is -0.392 e. The monoisotopic (exact) mass is 211 g/mol. The molecule has 1 unspecified atom stereocenters. The molecule has 2 rings (SSSR count). The van der Waals surface area contributed by atoms with Crippen molar-refractivity contribution >= 4 is 23.8 Å². The standard InChI is InChI=1S/C9H9NO5/c11-6-2-3-7(12)10(6)5-1-4-8(13)15-9(5)14/h5H,1-4H2. The van der Waals surface area contributed by atoms with Crippen LogP contribution in [0, 0.1) is 0 Å².